The summed E-state index contributed by atoms with van der Waals surface area (Å²) in [4.78, 5) is 2.93. The van der Waals surface area contributed by atoms with Crippen molar-refractivity contribution < 1.29 is 9.84 Å². The van der Waals surface area contributed by atoms with Crippen molar-refractivity contribution in [3.8, 4) is 11.5 Å². The predicted octanol–water partition coefficient (Wildman–Crippen LogP) is 1.88. The van der Waals surface area contributed by atoms with Crippen molar-refractivity contribution in [3.63, 3.8) is 0 Å². The number of fused-ring (bicyclic) bond motifs is 1. The van der Waals surface area contributed by atoms with E-state index >= 15 is 0 Å². The standard InChI is InChI=1S/C9H9NO2/c1-12-7-3-2-6-4-5-10-8(6)9(7)11/h2-5,10-11H,1H3. The average Bonchev–Trinajstić information content (AvgIpc) is 2.53. The van der Waals surface area contributed by atoms with E-state index in [2.05, 4.69) is 4.98 Å². The molecule has 62 valence electrons. The van der Waals surface area contributed by atoms with Gasteiger partial charge in [-0.2, -0.15) is 0 Å². The van der Waals surface area contributed by atoms with Gasteiger partial charge in [0.1, 0.15) is 0 Å². The van der Waals surface area contributed by atoms with Crippen molar-refractivity contribution in [3.05, 3.63) is 24.4 Å². The summed E-state index contributed by atoms with van der Waals surface area (Å²) in [5.74, 6) is 0.657. The molecule has 0 unspecified atom stereocenters. The SMILES string of the molecule is COc1ccc2cc[nH]c2c1O. The molecule has 0 fully saturated rings. The summed E-state index contributed by atoms with van der Waals surface area (Å²) >= 11 is 0. The molecule has 0 saturated carbocycles. The van der Waals surface area contributed by atoms with E-state index in [1.54, 1.807) is 12.3 Å². The summed E-state index contributed by atoms with van der Waals surface area (Å²) in [6, 6.07) is 5.53. The number of H-pyrrole nitrogens is 1. The number of phenols is 1. The number of hydrogen-bond acceptors (Lipinski definition) is 2. The second-order valence-corrected chi connectivity index (χ2v) is 2.56. The van der Waals surface area contributed by atoms with Crippen LogP contribution in [0.3, 0.4) is 0 Å². The smallest absolute Gasteiger partial charge is 0.182 e. The molecule has 12 heavy (non-hydrogen) atoms. The number of nitrogens with one attached hydrogen (secondary N) is 1. The molecule has 2 rings (SSSR count). The number of benzene rings is 1. The van der Waals surface area contributed by atoms with Gasteiger partial charge in [0.25, 0.3) is 0 Å². The number of aromatic nitrogens is 1. The van der Waals surface area contributed by atoms with E-state index < -0.39 is 0 Å². The number of hydrogen-bond donors (Lipinski definition) is 2. The second kappa shape index (κ2) is 2.44. The first kappa shape index (κ1) is 7.03. The lowest BCUT2D eigenvalue weighted by Gasteiger charge is -2.02. The highest BCUT2D eigenvalue weighted by Crippen LogP contribution is 2.32. The third-order valence-electron chi connectivity index (χ3n) is 1.88. The number of phenolic OH excluding ortho intramolecular Hbond substituents is 1. The first-order valence-electron chi connectivity index (χ1n) is 3.66. The molecule has 1 aromatic carbocycles. The van der Waals surface area contributed by atoms with Gasteiger partial charge in [0.05, 0.1) is 12.6 Å². The van der Waals surface area contributed by atoms with E-state index in [0.717, 1.165) is 5.39 Å². The Balaban J connectivity index is 2.78. The zero-order valence-corrected chi connectivity index (χ0v) is 6.66. The quantitative estimate of drug-likeness (QED) is 0.674. The number of rotatable bonds is 1. The first-order chi connectivity index (χ1) is 5.83. The maximum Gasteiger partial charge on any atom is 0.182 e. The third kappa shape index (κ3) is 0.830. The molecule has 0 spiro atoms. The van der Waals surface area contributed by atoms with Crippen molar-refractivity contribution in [2.75, 3.05) is 7.11 Å². The van der Waals surface area contributed by atoms with Gasteiger partial charge in [-0.3, -0.25) is 0 Å². The van der Waals surface area contributed by atoms with E-state index in [-0.39, 0.29) is 5.75 Å². The third-order valence-corrected chi connectivity index (χ3v) is 1.88. The van der Waals surface area contributed by atoms with Crippen LogP contribution in [0.2, 0.25) is 0 Å². The zero-order chi connectivity index (χ0) is 8.55. The topological polar surface area (TPSA) is 45.2 Å². The van der Waals surface area contributed by atoms with Crippen molar-refractivity contribution in [1.82, 2.24) is 4.98 Å². The highest BCUT2D eigenvalue weighted by molar-refractivity contribution is 5.87. The molecule has 0 aliphatic heterocycles. The van der Waals surface area contributed by atoms with Gasteiger partial charge >= 0.3 is 0 Å². The highest BCUT2D eigenvalue weighted by Gasteiger charge is 2.05. The van der Waals surface area contributed by atoms with Gasteiger partial charge in [-0.15, -0.1) is 0 Å². The van der Waals surface area contributed by atoms with Gasteiger partial charge in [0, 0.05) is 11.6 Å². The molecular formula is C9H9NO2. The van der Waals surface area contributed by atoms with Gasteiger partial charge in [-0.1, -0.05) is 0 Å². The monoisotopic (exact) mass is 163 g/mol. The van der Waals surface area contributed by atoms with Crippen LogP contribution in [0.4, 0.5) is 0 Å². The number of aromatic hydroxyl groups is 1. The maximum absolute atomic E-state index is 9.58. The highest BCUT2D eigenvalue weighted by atomic mass is 16.5. The minimum Gasteiger partial charge on any atom is -0.503 e. The van der Waals surface area contributed by atoms with Crippen molar-refractivity contribution in [2.24, 2.45) is 0 Å². The molecule has 1 heterocycles. The molecule has 0 atom stereocenters. The van der Waals surface area contributed by atoms with Crippen molar-refractivity contribution >= 4 is 10.9 Å². The Kier molecular flexibility index (Phi) is 1.43. The number of aromatic amines is 1. The Morgan fingerprint density at radius 3 is 2.92 bits per heavy atom. The molecule has 0 saturated heterocycles. The number of ether oxygens (including phenoxy) is 1. The van der Waals surface area contributed by atoms with E-state index in [1.807, 2.05) is 12.1 Å². The number of methoxy groups -OCH3 is 1. The van der Waals surface area contributed by atoms with Crippen LogP contribution in [0.15, 0.2) is 24.4 Å². The lowest BCUT2D eigenvalue weighted by Crippen LogP contribution is -1.83. The normalized spacial score (nSPS) is 10.4. The van der Waals surface area contributed by atoms with Gasteiger partial charge in [-0.05, 0) is 18.2 Å². The van der Waals surface area contributed by atoms with Crippen LogP contribution >= 0.6 is 0 Å². The van der Waals surface area contributed by atoms with Crippen LogP contribution in [0.5, 0.6) is 11.5 Å². The second-order valence-electron chi connectivity index (χ2n) is 2.56. The summed E-state index contributed by atoms with van der Waals surface area (Å²) in [6.45, 7) is 0. The first-order valence-corrected chi connectivity index (χ1v) is 3.66. The fourth-order valence-electron chi connectivity index (χ4n) is 1.26. The molecule has 3 heteroatoms. The van der Waals surface area contributed by atoms with Gasteiger partial charge in [0.15, 0.2) is 11.5 Å². The predicted molar refractivity (Wildman–Crippen MR) is 46.5 cm³/mol. The average molecular weight is 163 g/mol. The Hall–Kier alpha value is -1.64. The Morgan fingerprint density at radius 2 is 2.17 bits per heavy atom. The maximum atomic E-state index is 9.58. The minimum atomic E-state index is 0.167. The van der Waals surface area contributed by atoms with Crippen LogP contribution in [0.1, 0.15) is 0 Å². The lowest BCUT2D eigenvalue weighted by atomic mass is 10.2. The lowest BCUT2D eigenvalue weighted by molar-refractivity contribution is 0.376. The molecule has 2 aromatic rings. The Morgan fingerprint density at radius 1 is 1.33 bits per heavy atom. The van der Waals surface area contributed by atoms with E-state index in [9.17, 15) is 5.11 Å². The molecule has 0 aliphatic carbocycles. The molecule has 3 nitrogen and oxygen atoms in total. The van der Waals surface area contributed by atoms with Crippen LogP contribution in [-0.4, -0.2) is 17.2 Å². The molecule has 0 bridgehead atoms. The molecule has 0 amide bonds. The molecule has 1 aromatic heterocycles. The van der Waals surface area contributed by atoms with Gasteiger partial charge < -0.3 is 14.8 Å². The Bertz CT molecular complexity index is 406. The van der Waals surface area contributed by atoms with Gasteiger partial charge in [0.2, 0.25) is 0 Å². The van der Waals surface area contributed by atoms with Crippen LogP contribution in [0.25, 0.3) is 10.9 Å². The fraction of sp³-hybridized carbons (Fsp3) is 0.111. The molecule has 0 radical (unpaired) electrons. The summed E-state index contributed by atoms with van der Waals surface area (Å²) in [6.07, 6.45) is 1.78. The molecule has 0 aliphatic rings. The van der Waals surface area contributed by atoms with Crippen molar-refractivity contribution in [1.29, 1.82) is 0 Å². The van der Waals surface area contributed by atoms with Crippen molar-refractivity contribution in [2.45, 2.75) is 0 Å². The van der Waals surface area contributed by atoms with Gasteiger partial charge in [-0.25, -0.2) is 0 Å². The minimum absolute atomic E-state index is 0.167. The van der Waals surface area contributed by atoms with Crippen LogP contribution < -0.4 is 4.74 Å². The zero-order valence-electron chi connectivity index (χ0n) is 6.66. The summed E-state index contributed by atoms with van der Waals surface area (Å²) < 4.78 is 4.95. The Labute approximate surface area is 69.6 Å². The summed E-state index contributed by atoms with van der Waals surface area (Å²) in [5, 5.41) is 10.6. The fourth-order valence-corrected chi connectivity index (χ4v) is 1.26. The largest absolute Gasteiger partial charge is 0.503 e. The van der Waals surface area contributed by atoms with Crippen LogP contribution in [0, 0.1) is 0 Å². The van der Waals surface area contributed by atoms with E-state index in [4.69, 9.17) is 4.74 Å². The summed E-state index contributed by atoms with van der Waals surface area (Å²) in [7, 11) is 1.53. The van der Waals surface area contributed by atoms with E-state index in [1.165, 1.54) is 7.11 Å². The molecule has 2 N–H and O–H groups in total. The summed E-state index contributed by atoms with van der Waals surface area (Å²) in [5.41, 5.74) is 0.717. The van der Waals surface area contributed by atoms with Crippen LogP contribution in [-0.2, 0) is 0 Å². The molecular weight excluding hydrogens is 154 g/mol. The van der Waals surface area contributed by atoms with E-state index in [0.29, 0.717) is 11.3 Å².